The van der Waals surface area contributed by atoms with Crippen LogP contribution >= 0.6 is 0 Å². The molecule has 2 amide bonds. The minimum atomic E-state index is -0.286. The molecule has 0 fully saturated rings. The summed E-state index contributed by atoms with van der Waals surface area (Å²) < 4.78 is 10.9. The Bertz CT molecular complexity index is 808. The first-order valence-corrected chi connectivity index (χ1v) is 7.80. The Kier molecular flexibility index (Phi) is 4.82. The molecule has 24 heavy (non-hydrogen) atoms. The van der Waals surface area contributed by atoms with Gasteiger partial charge in [-0.25, -0.2) is 4.79 Å². The number of furan rings is 1. The van der Waals surface area contributed by atoms with Crippen LogP contribution in [0, 0.1) is 0 Å². The number of carbonyl (C=O) groups excluding carboxylic acids is 1. The van der Waals surface area contributed by atoms with Gasteiger partial charge in [0.15, 0.2) is 0 Å². The monoisotopic (exact) mass is 324 g/mol. The fourth-order valence-corrected chi connectivity index (χ4v) is 2.57. The first-order chi connectivity index (χ1) is 11.7. The molecule has 0 saturated carbocycles. The molecule has 1 atom stereocenters. The van der Waals surface area contributed by atoms with Gasteiger partial charge in [0.1, 0.15) is 11.3 Å². The largest absolute Gasteiger partial charge is 0.459 e. The number of hydrogen-bond donors (Lipinski definition) is 2. The van der Waals surface area contributed by atoms with E-state index in [1.165, 1.54) is 0 Å². The molecule has 5 nitrogen and oxygen atoms in total. The topological polar surface area (TPSA) is 63.5 Å². The zero-order valence-electron chi connectivity index (χ0n) is 13.7. The van der Waals surface area contributed by atoms with Crippen molar-refractivity contribution in [1.29, 1.82) is 0 Å². The van der Waals surface area contributed by atoms with Gasteiger partial charge in [0.25, 0.3) is 0 Å². The van der Waals surface area contributed by atoms with Crippen molar-refractivity contribution in [3.8, 4) is 0 Å². The van der Waals surface area contributed by atoms with Crippen molar-refractivity contribution in [3.63, 3.8) is 0 Å². The lowest BCUT2D eigenvalue weighted by Crippen LogP contribution is -2.31. The number of hydrogen-bond acceptors (Lipinski definition) is 3. The van der Waals surface area contributed by atoms with Gasteiger partial charge >= 0.3 is 6.03 Å². The number of para-hydroxylation sites is 2. The molecule has 0 spiro atoms. The Hall–Kier alpha value is -2.79. The fraction of sp³-hybridized carbons (Fsp3) is 0.211. The number of nitrogens with one attached hydrogen (secondary N) is 2. The van der Waals surface area contributed by atoms with Crippen LogP contribution in [-0.4, -0.2) is 13.1 Å². The lowest BCUT2D eigenvalue weighted by atomic mass is 10.2. The summed E-state index contributed by atoms with van der Waals surface area (Å²) in [5.74, 6) is 0.719. The van der Waals surface area contributed by atoms with Gasteiger partial charge < -0.3 is 19.8 Å². The molecule has 3 aromatic rings. The normalized spacial score (nSPS) is 12.1. The highest BCUT2D eigenvalue weighted by atomic mass is 16.5. The SMILES string of the molecule is COCc1ccccc1NC(=O)N[C@@H](C)c1cc2ccccc2o1. The Morgan fingerprint density at radius 2 is 1.92 bits per heavy atom. The number of amides is 2. The Labute approximate surface area is 140 Å². The van der Waals surface area contributed by atoms with Gasteiger partial charge in [-0.2, -0.15) is 0 Å². The van der Waals surface area contributed by atoms with E-state index in [9.17, 15) is 4.79 Å². The van der Waals surface area contributed by atoms with Crippen molar-refractivity contribution in [2.45, 2.75) is 19.6 Å². The molecule has 1 heterocycles. The maximum Gasteiger partial charge on any atom is 0.319 e. The van der Waals surface area contributed by atoms with Crippen LogP contribution in [0.3, 0.4) is 0 Å². The third-order valence-electron chi connectivity index (χ3n) is 3.78. The summed E-state index contributed by atoms with van der Waals surface area (Å²) >= 11 is 0. The molecular weight excluding hydrogens is 304 g/mol. The van der Waals surface area contributed by atoms with Gasteiger partial charge in [-0.05, 0) is 25.1 Å². The second kappa shape index (κ2) is 7.19. The summed E-state index contributed by atoms with van der Waals surface area (Å²) in [5, 5.41) is 6.77. The molecule has 2 N–H and O–H groups in total. The van der Waals surface area contributed by atoms with Crippen LogP contribution in [0.2, 0.25) is 0 Å². The van der Waals surface area contributed by atoms with E-state index in [-0.39, 0.29) is 12.1 Å². The van der Waals surface area contributed by atoms with E-state index >= 15 is 0 Å². The summed E-state index contributed by atoms with van der Waals surface area (Å²) in [7, 11) is 1.63. The van der Waals surface area contributed by atoms with E-state index in [1.54, 1.807) is 7.11 Å². The lowest BCUT2D eigenvalue weighted by Gasteiger charge is -2.14. The van der Waals surface area contributed by atoms with Gasteiger partial charge in [0.05, 0.1) is 12.6 Å². The van der Waals surface area contributed by atoms with E-state index in [1.807, 2.05) is 61.5 Å². The lowest BCUT2D eigenvalue weighted by molar-refractivity contribution is 0.185. The summed E-state index contributed by atoms with van der Waals surface area (Å²) in [4.78, 5) is 12.3. The molecule has 1 aromatic heterocycles. The second-order valence-corrected chi connectivity index (χ2v) is 5.60. The molecule has 2 aromatic carbocycles. The number of ether oxygens (including phenoxy) is 1. The van der Waals surface area contributed by atoms with Gasteiger partial charge in [0.2, 0.25) is 0 Å². The summed E-state index contributed by atoms with van der Waals surface area (Å²) in [6.07, 6.45) is 0. The van der Waals surface area contributed by atoms with Gasteiger partial charge in [-0.1, -0.05) is 36.4 Å². The van der Waals surface area contributed by atoms with Gasteiger partial charge in [-0.15, -0.1) is 0 Å². The van der Waals surface area contributed by atoms with Crippen LogP contribution in [0.25, 0.3) is 11.0 Å². The third kappa shape index (κ3) is 3.58. The Balaban J connectivity index is 1.68. The number of urea groups is 1. The molecule has 3 rings (SSSR count). The average Bonchev–Trinajstić information content (AvgIpc) is 3.01. The number of fused-ring (bicyclic) bond motifs is 1. The van der Waals surface area contributed by atoms with Crippen molar-refractivity contribution in [2.75, 3.05) is 12.4 Å². The summed E-state index contributed by atoms with van der Waals surface area (Å²) in [6.45, 7) is 2.33. The molecule has 5 heteroatoms. The number of carbonyl (C=O) groups is 1. The highest BCUT2D eigenvalue weighted by Crippen LogP contribution is 2.23. The molecule has 0 bridgehead atoms. The molecule has 0 aliphatic heterocycles. The standard InChI is InChI=1S/C19H20N2O3/c1-13(18-11-14-7-4-6-10-17(14)24-18)20-19(22)21-16-9-5-3-8-15(16)12-23-2/h3-11,13H,12H2,1-2H3,(H2,20,21,22)/t13-/m0/s1. The van der Waals surface area contributed by atoms with E-state index in [4.69, 9.17) is 9.15 Å². The minimum Gasteiger partial charge on any atom is -0.459 e. The van der Waals surface area contributed by atoms with Crippen molar-refractivity contribution < 1.29 is 13.9 Å². The van der Waals surface area contributed by atoms with Crippen LogP contribution in [0.4, 0.5) is 10.5 Å². The van der Waals surface area contributed by atoms with Crippen LogP contribution in [0.5, 0.6) is 0 Å². The molecule has 0 aliphatic rings. The van der Waals surface area contributed by atoms with Crippen LogP contribution < -0.4 is 10.6 Å². The number of rotatable bonds is 5. The van der Waals surface area contributed by atoms with E-state index in [2.05, 4.69) is 10.6 Å². The number of anilines is 1. The quantitative estimate of drug-likeness (QED) is 0.728. The smallest absolute Gasteiger partial charge is 0.319 e. The van der Waals surface area contributed by atoms with E-state index in [0.29, 0.717) is 6.61 Å². The van der Waals surface area contributed by atoms with Gasteiger partial charge in [0, 0.05) is 23.7 Å². The summed E-state index contributed by atoms with van der Waals surface area (Å²) in [5.41, 5.74) is 2.46. The molecular formula is C19H20N2O3. The fourth-order valence-electron chi connectivity index (χ4n) is 2.57. The first kappa shape index (κ1) is 16.1. The maximum atomic E-state index is 12.3. The number of methoxy groups -OCH3 is 1. The molecule has 124 valence electrons. The Morgan fingerprint density at radius 1 is 1.17 bits per heavy atom. The summed E-state index contributed by atoms with van der Waals surface area (Å²) in [6, 6.07) is 16.7. The van der Waals surface area contributed by atoms with Crippen LogP contribution in [0.1, 0.15) is 24.3 Å². The van der Waals surface area contributed by atoms with Crippen molar-refractivity contribution in [1.82, 2.24) is 5.32 Å². The average molecular weight is 324 g/mol. The van der Waals surface area contributed by atoms with Crippen molar-refractivity contribution >= 4 is 22.7 Å². The Morgan fingerprint density at radius 3 is 2.71 bits per heavy atom. The van der Waals surface area contributed by atoms with Crippen LogP contribution in [0.15, 0.2) is 59.0 Å². The predicted octanol–water partition coefficient (Wildman–Crippen LogP) is 4.46. The zero-order chi connectivity index (χ0) is 16.9. The van der Waals surface area contributed by atoms with Crippen molar-refractivity contribution in [3.05, 3.63) is 65.9 Å². The predicted molar refractivity (Wildman–Crippen MR) is 93.9 cm³/mol. The van der Waals surface area contributed by atoms with E-state index < -0.39 is 0 Å². The number of benzene rings is 2. The molecule has 0 unspecified atom stereocenters. The molecule has 0 aliphatic carbocycles. The highest BCUT2D eigenvalue weighted by molar-refractivity contribution is 5.90. The first-order valence-electron chi connectivity index (χ1n) is 7.80. The maximum absolute atomic E-state index is 12.3. The zero-order valence-corrected chi connectivity index (χ0v) is 13.7. The van der Waals surface area contributed by atoms with Crippen LogP contribution in [-0.2, 0) is 11.3 Å². The molecule has 0 radical (unpaired) electrons. The van der Waals surface area contributed by atoms with E-state index in [0.717, 1.165) is 28.0 Å². The minimum absolute atomic E-state index is 0.244. The third-order valence-corrected chi connectivity index (χ3v) is 3.78. The highest BCUT2D eigenvalue weighted by Gasteiger charge is 2.15. The van der Waals surface area contributed by atoms with Gasteiger partial charge in [-0.3, -0.25) is 0 Å². The van der Waals surface area contributed by atoms with Crippen molar-refractivity contribution in [2.24, 2.45) is 0 Å². The molecule has 0 saturated heterocycles. The second-order valence-electron chi connectivity index (χ2n) is 5.60.